The number of fused-ring (bicyclic) bond motifs is 5. The van der Waals surface area contributed by atoms with Crippen LogP contribution in [0.1, 0.15) is 241 Å². The second-order valence-electron chi connectivity index (χ2n) is 20.1. The quantitative estimate of drug-likeness (QED) is 0.0477. The lowest BCUT2D eigenvalue weighted by Gasteiger charge is -2.58. The van der Waals surface area contributed by atoms with Gasteiger partial charge in [-0.1, -0.05) is 174 Å². The first-order chi connectivity index (χ1) is 25.7. The Kier molecular flexibility index (Phi) is 20.1. The first-order valence-corrected chi connectivity index (χ1v) is 24.2. The van der Waals surface area contributed by atoms with Crippen molar-refractivity contribution >= 4 is 5.97 Å². The summed E-state index contributed by atoms with van der Waals surface area (Å²) in [5.74, 6) is 5.33. The smallest absolute Gasteiger partial charge is 0.306 e. The van der Waals surface area contributed by atoms with Crippen LogP contribution < -0.4 is 0 Å². The molecule has 0 radical (unpaired) electrons. The van der Waals surface area contributed by atoms with Gasteiger partial charge in [0.05, 0.1) is 0 Å². The number of unbranched alkanes of at least 4 members (excludes halogenated alkanes) is 17. The Hall–Kier alpha value is -1.05. The van der Waals surface area contributed by atoms with Crippen LogP contribution in [0.25, 0.3) is 0 Å². The molecule has 0 bridgehead atoms. The maximum absolute atomic E-state index is 12.9. The van der Waals surface area contributed by atoms with Gasteiger partial charge in [-0.05, 0) is 123 Å². The fraction of sp³-hybridized carbons (Fsp3) is 0.902. The molecule has 3 saturated carbocycles. The lowest BCUT2D eigenvalue weighted by molar-refractivity contribution is -0.151. The number of carbonyl (C=O) groups is 1. The summed E-state index contributed by atoms with van der Waals surface area (Å²) in [6, 6.07) is 0. The zero-order chi connectivity index (χ0) is 37.9. The van der Waals surface area contributed by atoms with Crippen LogP contribution >= 0.6 is 0 Å². The molecule has 0 aromatic carbocycles. The van der Waals surface area contributed by atoms with Crippen LogP contribution in [0.3, 0.4) is 0 Å². The molecule has 0 aromatic heterocycles. The topological polar surface area (TPSA) is 26.3 Å². The van der Waals surface area contributed by atoms with Crippen molar-refractivity contribution in [3.05, 3.63) is 23.8 Å². The number of rotatable bonds is 27. The van der Waals surface area contributed by atoms with Crippen LogP contribution in [0.5, 0.6) is 0 Å². The van der Waals surface area contributed by atoms with Gasteiger partial charge < -0.3 is 4.74 Å². The fourth-order valence-electron chi connectivity index (χ4n) is 12.4. The van der Waals surface area contributed by atoms with Gasteiger partial charge in [-0.3, -0.25) is 4.79 Å². The molecule has 3 fully saturated rings. The lowest BCUT2D eigenvalue weighted by Crippen LogP contribution is -2.51. The van der Waals surface area contributed by atoms with E-state index in [1.165, 1.54) is 173 Å². The van der Waals surface area contributed by atoms with E-state index >= 15 is 0 Å². The molecule has 2 heteroatoms. The Balaban J connectivity index is 1.01. The lowest BCUT2D eigenvalue weighted by atomic mass is 9.47. The van der Waals surface area contributed by atoms with Crippen LogP contribution in [0, 0.1) is 46.3 Å². The SMILES string of the molecule is CCCCCCCC/C=C\CCCCCCCCCCCCCC(=O)O[C@H]1CC[C@@]2(C)C(=CC[C@H]3[C@H]4CC[C@H]([C@H](C)CCCC(C)C)[C@@]4(C)CC[C@@H]32)C1. The van der Waals surface area contributed by atoms with Crippen molar-refractivity contribution < 1.29 is 9.53 Å². The predicted octanol–water partition coefficient (Wildman–Crippen LogP) is 16.3. The van der Waals surface area contributed by atoms with Crippen molar-refractivity contribution in [2.24, 2.45) is 46.3 Å². The Bertz CT molecular complexity index is 1070. The van der Waals surface area contributed by atoms with Gasteiger partial charge in [-0.15, -0.1) is 0 Å². The summed E-state index contributed by atoms with van der Waals surface area (Å²) in [6.07, 6.45) is 48.3. The normalized spacial score (nSPS) is 30.2. The van der Waals surface area contributed by atoms with E-state index in [0.29, 0.717) is 17.3 Å². The maximum Gasteiger partial charge on any atom is 0.306 e. The van der Waals surface area contributed by atoms with E-state index in [0.717, 1.165) is 54.8 Å². The fourth-order valence-corrected chi connectivity index (χ4v) is 12.4. The molecule has 0 unspecified atom stereocenters. The monoisotopic (exact) mass is 735 g/mol. The zero-order valence-electron chi connectivity index (χ0n) is 36.5. The van der Waals surface area contributed by atoms with Gasteiger partial charge in [-0.2, -0.15) is 0 Å². The highest BCUT2D eigenvalue weighted by Crippen LogP contribution is 2.67. The standard InChI is InChI=1S/C51H90O2/c1-7-8-9-10-11-12-13-14-15-16-17-18-19-20-21-22-23-24-25-26-27-31-49(52)53-44-36-38-50(5)43(40-44)32-33-45-47-35-34-46(42(4)30-28-29-41(2)3)51(47,6)39-37-48(45)50/h14-15,32,41-42,44-48H,7-13,16-31,33-40H2,1-6H3/b15-14-/t42-,44+,45+,46-,47-,48+,50+,51-/m1/s1. The molecule has 4 rings (SSSR count). The third-order valence-corrected chi connectivity index (χ3v) is 15.7. The van der Waals surface area contributed by atoms with E-state index in [2.05, 4.69) is 59.8 Å². The highest BCUT2D eigenvalue weighted by molar-refractivity contribution is 5.69. The van der Waals surface area contributed by atoms with Crippen molar-refractivity contribution in [2.45, 2.75) is 247 Å². The van der Waals surface area contributed by atoms with Crippen molar-refractivity contribution in [1.29, 1.82) is 0 Å². The average molecular weight is 735 g/mol. The van der Waals surface area contributed by atoms with E-state index in [1.807, 2.05) is 0 Å². The van der Waals surface area contributed by atoms with Gasteiger partial charge in [0.15, 0.2) is 0 Å². The summed E-state index contributed by atoms with van der Waals surface area (Å²) >= 11 is 0. The van der Waals surface area contributed by atoms with Gasteiger partial charge in [0.1, 0.15) is 6.10 Å². The highest BCUT2D eigenvalue weighted by atomic mass is 16.5. The minimum absolute atomic E-state index is 0.0640. The molecule has 0 N–H and O–H groups in total. The van der Waals surface area contributed by atoms with Gasteiger partial charge in [0.25, 0.3) is 0 Å². The second kappa shape index (κ2) is 23.9. The third kappa shape index (κ3) is 13.8. The first-order valence-electron chi connectivity index (χ1n) is 24.2. The summed E-state index contributed by atoms with van der Waals surface area (Å²) in [5, 5.41) is 0. The molecular formula is C51H90O2. The number of allylic oxidation sites excluding steroid dienone is 3. The van der Waals surface area contributed by atoms with E-state index < -0.39 is 0 Å². The van der Waals surface area contributed by atoms with Gasteiger partial charge >= 0.3 is 5.97 Å². The highest BCUT2D eigenvalue weighted by Gasteiger charge is 2.59. The number of hydrogen-bond acceptors (Lipinski definition) is 2. The van der Waals surface area contributed by atoms with E-state index in [1.54, 1.807) is 5.57 Å². The molecule has 2 nitrogen and oxygen atoms in total. The summed E-state index contributed by atoms with van der Waals surface area (Å²) in [5.41, 5.74) is 2.53. The summed E-state index contributed by atoms with van der Waals surface area (Å²) < 4.78 is 6.15. The summed E-state index contributed by atoms with van der Waals surface area (Å²) in [4.78, 5) is 12.9. The number of carbonyl (C=O) groups excluding carboxylic acids is 1. The van der Waals surface area contributed by atoms with E-state index in [4.69, 9.17) is 4.74 Å². The Labute approximate surface area is 331 Å². The maximum atomic E-state index is 12.9. The Morgan fingerprint density at radius 2 is 1.32 bits per heavy atom. The molecule has 8 atom stereocenters. The molecule has 306 valence electrons. The average Bonchev–Trinajstić information content (AvgIpc) is 3.49. The molecule has 4 aliphatic rings. The summed E-state index contributed by atoms with van der Waals surface area (Å²) in [6.45, 7) is 15.0. The number of ether oxygens (including phenoxy) is 1. The molecule has 4 aliphatic carbocycles. The molecule has 0 spiro atoms. The van der Waals surface area contributed by atoms with Crippen molar-refractivity contribution in [1.82, 2.24) is 0 Å². The van der Waals surface area contributed by atoms with Crippen molar-refractivity contribution in [2.75, 3.05) is 0 Å². The molecule has 0 heterocycles. The minimum atomic E-state index is 0.0640. The van der Waals surface area contributed by atoms with Crippen LogP contribution in [-0.4, -0.2) is 12.1 Å². The largest absolute Gasteiger partial charge is 0.462 e. The molecule has 0 amide bonds. The molecule has 0 saturated heterocycles. The van der Waals surface area contributed by atoms with E-state index in [-0.39, 0.29) is 12.1 Å². The molecule has 0 aromatic rings. The minimum Gasteiger partial charge on any atom is -0.462 e. The Morgan fingerprint density at radius 1 is 0.717 bits per heavy atom. The van der Waals surface area contributed by atoms with E-state index in [9.17, 15) is 4.79 Å². The summed E-state index contributed by atoms with van der Waals surface area (Å²) in [7, 11) is 0. The predicted molar refractivity (Wildman–Crippen MR) is 230 cm³/mol. The zero-order valence-corrected chi connectivity index (χ0v) is 36.5. The third-order valence-electron chi connectivity index (χ3n) is 15.7. The van der Waals surface area contributed by atoms with Gasteiger partial charge in [0.2, 0.25) is 0 Å². The molecule has 0 aliphatic heterocycles. The second-order valence-corrected chi connectivity index (χ2v) is 20.1. The first kappa shape index (κ1) is 44.7. The Morgan fingerprint density at radius 3 is 1.94 bits per heavy atom. The van der Waals surface area contributed by atoms with Crippen LogP contribution in [0.15, 0.2) is 23.8 Å². The molecule has 53 heavy (non-hydrogen) atoms. The van der Waals surface area contributed by atoms with Crippen LogP contribution in [-0.2, 0) is 9.53 Å². The number of esters is 1. The van der Waals surface area contributed by atoms with Gasteiger partial charge in [-0.25, -0.2) is 0 Å². The molecular weight excluding hydrogens is 645 g/mol. The van der Waals surface area contributed by atoms with Crippen molar-refractivity contribution in [3.8, 4) is 0 Å². The van der Waals surface area contributed by atoms with Crippen LogP contribution in [0.2, 0.25) is 0 Å². The number of hydrogen-bond donors (Lipinski definition) is 0. The van der Waals surface area contributed by atoms with Crippen molar-refractivity contribution in [3.63, 3.8) is 0 Å². The van der Waals surface area contributed by atoms with Crippen LogP contribution in [0.4, 0.5) is 0 Å². The van der Waals surface area contributed by atoms with Gasteiger partial charge in [0, 0.05) is 12.8 Å².